The monoisotopic (exact) mass is 318 g/mol. The molecule has 1 N–H and O–H groups in total. The molecule has 0 saturated carbocycles. The van der Waals surface area contributed by atoms with Crippen molar-refractivity contribution < 1.29 is 14.6 Å². The van der Waals surface area contributed by atoms with Crippen molar-refractivity contribution in [1.29, 1.82) is 0 Å². The van der Waals surface area contributed by atoms with Crippen molar-refractivity contribution in [3.8, 4) is 5.69 Å². The fourth-order valence-electron chi connectivity index (χ4n) is 2.16. The third-order valence-corrected chi connectivity index (χ3v) is 3.09. The lowest BCUT2D eigenvalue weighted by atomic mass is 10.3. The number of carbonyl (C=O) groups is 1. The molecule has 0 aliphatic rings. The molecule has 2 heterocycles. The number of carbonyl (C=O) groups excluding carboxylic acids is 1. The zero-order valence-electron chi connectivity index (χ0n) is 14.0. The smallest absolute Gasteiger partial charge is 0.417 e. The summed E-state index contributed by atoms with van der Waals surface area (Å²) in [6, 6.07) is 3.53. The summed E-state index contributed by atoms with van der Waals surface area (Å²) < 4.78 is 6.74. The molecule has 1 amide bonds. The van der Waals surface area contributed by atoms with Gasteiger partial charge in [0.1, 0.15) is 0 Å². The third kappa shape index (κ3) is 4.07. The molecule has 0 bridgehead atoms. The van der Waals surface area contributed by atoms with Crippen LogP contribution in [0.2, 0.25) is 0 Å². The normalized spacial score (nSPS) is 11.6. The minimum absolute atomic E-state index is 0.157. The van der Waals surface area contributed by atoms with E-state index in [2.05, 4.69) is 10.1 Å². The fourth-order valence-corrected chi connectivity index (χ4v) is 2.16. The van der Waals surface area contributed by atoms with E-state index in [1.54, 1.807) is 23.3 Å². The van der Waals surface area contributed by atoms with Crippen LogP contribution in [0.15, 0.2) is 30.7 Å². The highest BCUT2D eigenvalue weighted by molar-refractivity contribution is 5.89. The summed E-state index contributed by atoms with van der Waals surface area (Å²) in [5.74, 6) is -1.54. The minimum Gasteiger partial charge on any atom is -0.417 e. The molecule has 0 atom stereocenters. The first-order valence-electron chi connectivity index (χ1n) is 7.40. The Morgan fingerprint density at radius 3 is 2.65 bits per heavy atom. The van der Waals surface area contributed by atoms with E-state index in [4.69, 9.17) is 4.74 Å². The highest BCUT2D eigenvalue weighted by Gasteiger charge is 2.29. The molecule has 0 fully saturated rings. The van der Waals surface area contributed by atoms with E-state index in [0.717, 1.165) is 5.69 Å². The van der Waals surface area contributed by atoms with E-state index in [-0.39, 0.29) is 6.04 Å². The van der Waals surface area contributed by atoms with Crippen molar-refractivity contribution in [2.45, 2.75) is 46.4 Å². The Hall–Kier alpha value is -2.41. The van der Waals surface area contributed by atoms with E-state index in [1.165, 1.54) is 18.7 Å². The van der Waals surface area contributed by atoms with Crippen molar-refractivity contribution >= 4 is 11.8 Å². The number of hydrogen-bond acceptors (Lipinski definition) is 5. The van der Waals surface area contributed by atoms with E-state index < -0.39 is 11.9 Å². The Morgan fingerprint density at radius 1 is 1.43 bits per heavy atom. The maximum absolute atomic E-state index is 12.4. The van der Waals surface area contributed by atoms with Crippen LogP contribution in [0.25, 0.3) is 5.69 Å². The van der Waals surface area contributed by atoms with Crippen molar-refractivity contribution in [1.82, 2.24) is 14.8 Å². The lowest BCUT2D eigenvalue weighted by Crippen LogP contribution is -2.42. The lowest BCUT2D eigenvalue weighted by molar-refractivity contribution is -0.129. The zero-order valence-corrected chi connectivity index (χ0v) is 14.0. The molecule has 7 heteroatoms. The molecule has 2 aromatic rings. The maximum atomic E-state index is 12.4. The van der Waals surface area contributed by atoms with E-state index in [0.29, 0.717) is 11.4 Å². The van der Waals surface area contributed by atoms with Crippen molar-refractivity contribution in [2.24, 2.45) is 0 Å². The Morgan fingerprint density at radius 2 is 2.13 bits per heavy atom. The quantitative estimate of drug-likeness (QED) is 0.877. The first-order chi connectivity index (χ1) is 10.7. The van der Waals surface area contributed by atoms with Gasteiger partial charge in [-0.1, -0.05) is 0 Å². The van der Waals surface area contributed by atoms with Gasteiger partial charge in [0, 0.05) is 26.1 Å². The van der Waals surface area contributed by atoms with E-state index in [1.807, 2.05) is 32.9 Å². The van der Waals surface area contributed by atoms with Crippen LogP contribution >= 0.6 is 0 Å². The molecule has 2 rings (SSSR count). The highest BCUT2D eigenvalue weighted by atomic mass is 16.7. The summed E-state index contributed by atoms with van der Waals surface area (Å²) in [5, 5.41) is 14.1. The number of aromatic nitrogens is 3. The molecule has 0 saturated heterocycles. The number of anilines is 1. The number of aryl methyl sites for hydroxylation is 1. The highest BCUT2D eigenvalue weighted by Crippen LogP contribution is 2.25. The Balaban J connectivity index is 2.37. The van der Waals surface area contributed by atoms with Gasteiger partial charge in [-0.2, -0.15) is 5.10 Å². The van der Waals surface area contributed by atoms with Gasteiger partial charge in [0.05, 0.1) is 29.5 Å². The first-order valence-corrected chi connectivity index (χ1v) is 7.40. The van der Waals surface area contributed by atoms with Gasteiger partial charge in [-0.15, -0.1) is 0 Å². The van der Waals surface area contributed by atoms with Crippen LogP contribution in [-0.4, -0.2) is 37.8 Å². The topological polar surface area (TPSA) is 80.5 Å². The zero-order chi connectivity index (χ0) is 17.2. The Labute approximate surface area is 135 Å². The average Bonchev–Trinajstić information content (AvgIpc) is 2.79. The molecule has 23 heavy (non-hydrogen) atoms. The predicted molar refractivity (Wildman–Crippen MR) is 86.5 cm³/mol. The van der Waals surface area contributed by atoms with Crippen LogP contribution in [0, 0.1) is 6.92 Å². The molecule has 0 aromatic carbocycles. The van der Waals surface area contributed by atoms with Gasteiger partial charge in [-0.05, 0) is 32.9 Å². The van der Waals surface area contributed by atoms with Crippen LogP contribution in [0.1, 0.15) is 33.4 Å². The molecule has 0 aliphatic carbocycles. The summed E-state index contributed by atoms with van der Waals surface area (Å²) in [6.45, 7) is 8.37. The molecule has 0 unspecified atom stereocenters. The van der Waals surface area contributed by atoms with Gasteiger partial charge in [0.25, 0.3) is 0 Å². The Kier molecular flexibility index (Phi) is 4.70. The second kappa shape index (κ2) is 6.37. The largest absolute Gasteiger partial charge is 0.417 e. The van der Waals surface area contributed by atoms with Gasteiger partial charge >= 0.3 is 6.09 Å². The second-order valence-corrected chi connectivity index (χ2v) is 6.03. The standard InChI is InChI=1S/C16H22N4O3/c1-11(2)20(15(21)23-16(4,5)22)14-10-19(18-12(14)3)13-7-6-8-17-9-13/h6-11,22H,1-5H3. The van der Waals surface area contributed by atoms with Crippen LogP contribution in [0.3, 0.4) is 0 Å². The molecule has 0 aliphatic heterocycles. The Bertz CT molecular complexity index is 674. The number of hydrogen-bond donors (Lipinski definition) is 1. The van der Waals surface area contributed by atoms with Crippen molar-refractivity contribution in [3.63, 3.8) is 0 Å². The summed E-state index contributed by atoms with van der Waals surface area (Å²) in [5.41, 5.74) is 2.09. The maximum Gasteiger partial charge on any atom is 0.417 e. The number of ether oxygens (including phenoxy) is 1. The summed E-state index contributed by atoms with van der Waals surface area (Å²) >= 11 is 0. The SMILES string of the molecule is Cc1nn(-c2cccnc2)cc1N(C(=O)OC(C)(C)O)C(C)C. The molecule has 7 nitrogen and oxygen atoms in total. The molecular weight excluding hydrogens is 296 g/mol. The van der Waals surface area contributed by atoms with Crippen molar-refractivity contribution in [2.75, 3.05) is 4.90 Å². The first kappa shape index (κ1) is 17.0. The number of rotatable bonds is 4. The number of pyridine rings is 1. The molecule has 0 radical (unpaired) electrons. The summed E-state index contributed by atoms with van der Waals surface area (Å²) in [4.78, 5) is 17.9. The van der Waals surface area contributed by atoms with Crippen LogP contribution < -0.4 is 4.90 Å². The summed E-state index contributed by atoms with van der Waals surface area (Å²) in [7, 11) is 0. The average molecular weight is 318 g/mol. The molecular formula is C16H22N4O3. The van der Waals surface area contributed by atoms with Gasteiger partial charge < -0.3 is 9.84 Å². The van der Waals surface area contributed by atoms with E-state index >= 15 is 0 Å². The van der Waals surface area contributed by atoms with Gasteiger partial charge in [0.15, 0.2) is 0 Å². The molecule has 2 aromatic heterocycles. The lowest BCUT2D eigenvalue weighted by Gasteiger charge is -2.28. The van der Waals surface area contributed by atoms with Gasteiger partial charge in [-0.25, -0.2) is 9.48 Å². The van der Waals surface area contributed by atoms with Crippen LogP contribution in [-0.2, 0) is 4.74 Å². The fraction of sp³-hybridized carbons (Fsp3) is 0.438. The predicted octanol–water partition coefficient (Wildman–Crippen LogP) is 2.66. The number of nitrogens with zero attached hydrogens (tertiary/aromatic N) is 4. The second-order valence-electron chi connectivity index (χ2n) is 6.03. The molecule has 124 valence electrons. The van der Waals surface area contributed by atoms with Crippen LogP contribution in [0.4, 0.5) is 10.5 Å². The number of amides is 1. The number of aliphatic hydroxyl groups is 1. The van der Waals surface area contributed by atoms with Crippen LogP contribution in [0.5, 0.6) is 0 Å². The minimum atomic E-state index is -1.54. The van der Waals surface area contributed by atoms with E-state index in [9.17, 15) is 9.90 Å². The third-order valence-electron chi connectivity index (χ3n) is 3.09. The summed E-state index contributed by atoms with van der Waals surface area (Å²) in [6.07, 6.45) is 4.49. The molecule has 0 spiro atoms. The van der Waals surface area contributed by atoms with Gasteiger partial charge in [0.2, 0.25) is 5.79 Å². The van der Waals surface area contributed by atoms with Gasteiger partial charge in [-0.3, -0.25) is 9.88 Å². The van der Waals surface area contributed by atoms with Crippen molar-refractivity contribution in [3.05, 3.63) is 36.4 Å².